The molecule has 22 heavy (non-hydrogen) atoms. The molecule has 0 radical (unpaired) electrons. The van der Waals surface area contributed by atoms with Crippen molar-refractivity contribution in [2.45, 2.75) is 6.92 Å². The molecule has 4 nitrogen and oxygen atoms in total. The molecule has 0 aromatic heterocycles. The second-order valence-corrected chi connectivity index (χ2v) is 4.61. The Labute approximate surface area is 130 Å². The normalized spacial score (nSPS) is 10.7. The van der Waals surface area contributed by atoms with Crippen molar-refractivity contribution in [1.29, 1.82) is 0 Å². The molecule has 0 aliphatic heterocycles. The van der Waals surface area contributed by atoms with Gasteiger partial charge in [-0.15, -0.1) is 0 Å². The molecule has 0 heterocycles. The number of ether oxygens (including phenoxy) is 3. The highest BCUT2D eigenvalue weighted by molar-refractivity contribution is 5.72. The summed E-state index contributed by atoms with van der Waals surface area (Å²) in [6.45, 7) is 2.51. The molecule has 0 bridgehead atoms. The average molecular weight is 300 g/mol. The van der Waals surface area contributed by atoms with Gasteiger partial charge in [0, 0.05) is 0 Å². The lowest BCUT2D eigenvalue weighted by Gasteiger charge is -2.09. The summed E-state index contributed by atoms with van der Waals surface area (Å²) in [6.07, 6.45) is 3.86. The van der Waals surface area contributed by atoms with Crippen LogP contribution in [-0.4, -0.2) is 25.9 Å². The number of methoxy groups -OCH3 is 2. The maximum atomic E-state index is 9.78. The predicted octanol–water partition coefficient (Wildman–Crippen LogP) is 3.98. The van der Waals surface area contributed by atoms with Gasteiger partial charge >= 0.3 is 0 Å². The molecule has 2 aromatic carbocycles. The van der Waals surface area contributed by atoms with Gasteiger partial charge in [0.1, 0.15) is 0 Å². The van der Waals surface area contributed by atoms with Gasteiger partial charge in [-0.1, -0.05) is 24.3 Å². The van der Waals surface area contributed by atoms with E-state index in [0.717, 1.165) is 11.1 Å². The Kier molecular flexibility index (Phi) is 5.31. The van der Waals surface area contributed by atoms with E-state index >= 15 is 0 Å². The van der Waals surface area contributed by atoms with Gasteiger partial charge in [0.25, 0.3) is 0 Å². The number of phenols is 1. The Morgan fingerprint density at radius 1 is 0.864 bits per heavy atom. The molecule has 0 spiro atoms. The average Bonchev–Trinajstić information content (AvgIpc) is 2.53. The van der Waals surface area contributed by atoms with Crippen LogP contribution in [0, 0.1) is 0 Å². The SMILES string of the molecule is CCOc1cc(C=Cc2ccc(OC)c(O)c2)ccc1OC. The van der Waals surface area contributed by atoms with Crippen LogP contribution in [0.1, 0.15) is 18.1 Å². The van der Waals surface area contributed by atoms with E-state index in [-0.39, 0.29) is 5.75 Å². The second-order valence-electron chi connectivity index (χ2n) is 4.61. The lowest BCUT2D eigenvalue weighted by molar-refractivity contribution is 0.311. The zero-order valence-corrected chi connectivity index (χ0v) is 13.0. The standard InChI is InChI=1S/C18H20O4/c1-4-22-18-12-14(8-10-17(18)21-3)6-5-13-7-9-16(20-2)15(19)11-13/h5-12,19H,4H2,1-3H3. The summed E-state index contributed by atoms with van der Waals surface area (Å²) in [4.78, 5) is 0. The van der Waals surface area contributed by atoms with Crippen LogP contribution < -0.4 is 14.2 Å². The van der Waals surface area contributed by atoms with Crippen LogP contribution >= 0.6 is 0 Å². The fraction of sp³-hybridized carbons (Fsp3) is 0.222. The van der Waals surface area contributed by atoms with Gasteiger partial charge in [-0.2, -0.15) is 0 Å². The smallest absolute Gasteiger partial charge is 0.161 e. The number of aromatic hydroxyl groups is 1. The molecule has 0 saturated heterocycles. The molecule has 2 rings (SSSR count). The van der Waals surface area contributed by atoms with Gasteiger partial charge in [0.15, 0.2) is 23.0 Å². The Hall–Kier alpha value is -2.62. The van der Waals surface area contributed by atoms with E-state index in [9.17, 15) is 5.11 Å². The van der Waals surface area contributed by atoms with E-state index in [1.807, 2.05) is 43.3 Å². The first-order valence-electron chi connectivity index (χ1n) is 7.04. The van der Waals surface area contributed by atoms with Crippen molar-refractivity contribution in [1.82, 2.24) is 0 Å². The molecule has 116 valence electrons. The molecule has 0 saturated carbocycles. The molecule has 0 atom stereocenters. The van der Waals surface area contributed by atoms with Gasteiger partial charge in [-0.25, -0.2) is 0 Å². The minimum absolute atomic E-state index is 0.120. The van der Waals surface area contributed by atoms with E-state index in [4.69, 9.17) is 14.2 Å². The number of benzene rings is 2. The van der Waals surface area contributed by atoms with Gasteiger partial charge < -0.3 is 19.3 Å². The van der Waals surface area contributed by atoms with E-state index < -0.39 is 0 Å². The van der Waals surface area contributed by atoms with Crippen LogP contribution in [0.2, 0.25) is 0 Å². The van der Waals surface area contributed by atoms with Crippen LogP contribution in [0.15, 0.2) is 36.4 Å². The summed E-state index contributed by atoms with van der Waals surface area (Å²) in [6, 6.07) is 11.0. The molecule has 0 aliphatic carbocycles. The Bertz CT molecular complexity index is 662. The molecule has 0 unspecified atom stereocenters. The van der Waals surface area contributed by atoms with E-state index in [1.54, 1.807) is 19.2 Å². The molecule has 2 aromatic rings. The summed E-state index contributed by atoms with van der Waals surface area (Å²) < 4.78 is 15.8. The molecule has 0 amide bonds. The van der Waals surface area contributed by atoms with Crippen LogP contribution in [0.4, 0.5) is 0 Å². The van der Waals surface area contributed by atoms with Crippen molar-refractivity contribution in [3.8, 4) is 23.0 Å². The fourth-order valence-electron chi connectivity index (χ4n) is 2.07. The topological polar surface area (TPSA) is 47.9 Å². The second kappa shape index (κ2) is 7.41. The van der Waals surface area contributed by atoms with Crippen LogP contribution in [0.25, 0.3) is 12.2 Å². The lowest BCUT2D eigenvalue weighted by Crippen LogP contribution is -1.95. The maximum absolute atomic E-state index is 9.78. The van der Waals surface area contributed by atoms with E-state index in [2.05, 4.69) is 0 Å². The number of phenolic OH excluding ortho intramolecular Hbond substituents is 1. The predicted molar refractivity (Wildman–Crippen MR) is 87.7 cm³/mol. The van der Waals surface area contributed by atoms with Crippen molar-refractivity contribution in [2.75, 3.05) is 20.8 Å². The zero-order chi connectivity index (χ0) is 15.9. The third kappa shape index (κ3) is 3.73. The van der Waals surface area contributed by atoms with Gasteiger partial charge in [-0.05, 0) is 42.3 Å². The first kappa shape index (κ1) is 15.8. The molecule has 0 fully saturated rings. The molecule has 1 N–H and O–H groups in total. The molecular formula is C18H20O4. The third-order valence-electron chi connectivity index (χ3n) is 3.16. The van der Waals surface area contributed by atoms with E-state index in [0.29, 0.717) is 23.9 Å². The third-order valence-corrected chi connectivity index (χ3v) is 3.16. The Balaban J connectivity index is 2.22. The summed E-state index contributed by atoms with van der Waals surface area (Å²) in [7, 11) is 3.14. The van der Waals surface area contributed by atoms with Crippen LogP contribution in [-0.2, 0) is 0 Å². The molecular weight excluding hydrogens is 280 g/mol. The van der Waals surface area contributed by atoms with Crippen molar-refractivity contribution in [3.63, 3.8) is 0 Å². The zero-order valence-electron chi connectivity index (χ0n) is 13.0. The monoisotopic (exact) mass is 300 g/mol. The maximum Gasteiger partial charge on any atom is 0.161 e. The number of hydrogen-bond acceptors (Lipinski definition) is 4. The van der Waals surface area contributed by atoms with Crippen molar-refractivity contribution < 1.29 is 19.3 Å². The quantitative estimate of drug-likeness (QED) is 0.820. The van der Waals surface area contributed by atoms with Crippen molar-refractivity contribution in [3.05, 3.63) is 47.5 Å². The summed E-state index contributed by atoms with van der Waals surface area (Å²) in [5.74, 6) is 2.00. The fourth-order valence-corrected chi connectivity index (χ4v) is 2.07. The Morgan fingerprint density at radius 2 is 1.45 bits per heavy atom. The lowest BCUT2D eigenvalue weighted by atomic mass is 10.1. The van der Waals surface area contributed by atoms with Crippen molar-refractivity contribution >= 4 is 12.2 Å². The minimum Gasteiger partial charge on any atom is -0.504 e. The van der Waals surface area contributed by atoms with Crippen LogP contribution in [0.3, 0.4) is 0 Å². The van der Waals surface area contributed by atoms with Gasteiger partial charge in [0.05, 0.1) is 20.8 Å². The summed E-state index contributed by atoms with van der Waals surface area (Å²) in [5.41, 5.74) is 1.87. The summed E-state index contributed by atoms with van der Waals surface area (Å²) >= 11 is 0. The molecule has 4 heteroatoms. The minimum atomic E-state index is 0.120. The van der Waals surface area contributed by atoms with Crippen LogP contribution in [0.5, 0.6) is 23.0 Å². The first-order valence-corrected chi connectivity index (χ1v) is 7.04. The molecule has 0 aliphatic rings. The highest BCUT2D eigenvalue weighted by atomic mass is 16.5. The number of rotatable bonds is 6. The number of hydrogen-bond donors (Lipinski definition) is 1. The van der Waals surface area contributed by atoms with E-state index in [1.165, 1.54) is 7.11 Å². The first-order chi connectivity index (χ1) is 10.7. The largest absolute Gasteiger partial charge is 0.504 e. The van der Waals surface area contributed by atoms with Crippen molar-refractivity contribution in [2.24, 2.45) is 0 Å². The van der Waals surface area contributed by atoms with Gasteiger partial charge in [-0.3, -0.25) is 0 Å². The van der Waals surface area contributed by atoms with Gasteiger partial charge in [0.2, 0.25) is 0 Å². The summed E-state index contributed by atoms with van der Waals surface area (Å²) in [5, 5.41) is 9.78. The highest BCUT2D eigenvalue weighted by Crippen LogP contribution is 2.30. The highest BCUT2D eigenvalue weighted by Gasteiger charge is 2.04. The Morgan fingerprint density at radius 3 is 2.00 bits per heavy atom.